The summed E-state index contributed by atoms with van der Waals surface area (Å²) in [6.45, 7) is 12.8. The highest BCUT2D eigenvalue weighted by Gasteiger charge is 2.30. The van der Waals surface area contributed by atoms with Crippen molar-refractivity contribution in [3.63, 3.8) is 0 Å². The highest BCUT2D eigenvalue weighted by molar-refractivity contribution is 6.83. The smallest absolute Gasteiger partial charge is 0.330 e. The van der Waals surface area contributed by atoms with Gasteiger partial charge in [-0.2, -0.15) is 0 Å². The van der Waals surface area contributed by atoms with Gasteiger partial charge in [-0.05, 0) is 45.3 Å². The third kappa shape index (κ3) is 7.97. The second kappa shape index (κ2) is 8.76. The minimum Gasteiger partial charge on any atom is -0.466 e. The number of carbonyl (C=O) groups is 2. The van der Waals surface area contributed by atoms with Gasteiger partial charge in [0.25, 0.3) is 0 Å². The van der Waals surface area contributed by atoms with E-state index in [1.165, 1.54) is 18.4 Å². The van der Waals surface area contributed by atoms with Crippen LogP contribution in [0, 0.1) is 0 Å². The van der Waals surface area contributed by atoms with E-state index >= 15 is 0 Å². The highest BCUT2D eigenvalue weighted by Crippen LogP contribution is 2.30. The Bertz CT molecular complexity index is 586. The number of allylic oxidation sites excluding steroid dienone is 4. The van der Waals surface area contributed by atoms with Crippen molar-refractivity contribution in [3.8, 4) is 0 Å². The van der Waals surface area contributed by atoms with Crippen LogP contribution in [-0.4, -0.2) is 38.6 Å². The molecule has 1 aliphatic carbocycles. The maximum Gasteiger partial charge on any atom is 0.330 e. The Morgan fingerprint density at radius 1 is 1.32 bits per heavy atom. The summed E-state index contributed by atoms with van der Waals surface area (Å²) in [4.78, 5) is 23.5. The maximum absolute atomic E-state index is 12.4. The fraction of sp³-hybridized carbons (Fsp3) is 0.600. The molecule has 140 valence electrons. The van der Waals surface area contributed by atoms with Crippen molar-refractivity contribution < 1.29 is 19.1 Å². The summed E-state index contributed by atoms with van der Waals surface area (Å²) in [5.74, 6) is -0.165. The highest BCUT2D eigenvalue weighted by atomic mass is 28.3. The lowest BCUT2D eigenvalue weighted by Crippen LogP contribution is -2.25. The van der Waals surface area contributed by atoms with E-state index in [1.807, 2.05) is 26.8 Å². The molecule has 0 heterocycles. The van der Waals surface area contributed by atoms with E-state index in [0.29, 0.717) is 19.3 Å². The molecular formula is C20H32O4Si. The molecule has 1 unspecified atom stereocenters. The van der Waals surface area contributed by atoms with Crippen LogP contribution < -0.4 is 0 Å². The molecule has 0 aromatic carbocycles. The first-order chi connectivity index (χ1) is 11.4. The second-order valence-corrected chi connectivity index (χ2v) is 13.5. The van der Waals surface area contributed by atoms with E-state index in [1.54, 1.807) is 6.08 Å². The standard InChI is InChI=1S/C20H32O4Si/c1-20(2,3)24-16-12-15(18(21)14-16)13-17(25(5,6)7)10-8-9-11-19(22)23-4/h9-12,16H,8,13-14H2,1-7H3/b11-9+,17-10-. The second-order valence-electron chi connectivity index (χ2n) is 8.41. The number of carbonyl (C=O) groups excluding carboxylic acids is 2. The number of hydrogen-bond acceptors (Lipinski definition) is 4. The predicted molar refractivity (Wildman–Crippen MR) is 104 cm³/mol. The molecule has 0 saturated heterocycles. The van der Waals surface area contributed by atoms with Gasteiger partial charge in [0.1, 0.15) is 0 Å². The zero-order valence-corrected chi connectivity index (χ0v) is 17.6. The molecule has 25 heavy (non-hydrogen) atoms. The largest absolute Gasteiger partial charge is 0.466 e. The van der Waals surface area contributed by atoms with Gasteiger partial charge in [-0.1, -0.05) is 37.0 Å². The van der Waals surface area contributed by atoms with Crippen molar-refractivity contribution in [2.24, 2.45) is 0 Å². The van der Waals surface area contributed by atoms with Crippen molar-refractivity contribution in [2.45, 2.75) is 71.4 Å². The van der Waals surface area contributed by atoms with Crippen LogP contribution in [0.4, 0.5) is 0 Å². The zero-order chi connectivity index (χ0) is 19.3. The fourth-order valence-corrected chi connectivity index (χ4v) is 4.12. The first-order valence-corrected chi connectivity index (χ1v) is 12.3. The Balaban J connectivity index is 2.85. The van der Waals surface area contributed by atoms with Crippen molar-refractivity contribution in [3.05, 3.63) is 35.1 Å². The van der Waals surface area contributed by atoms with Gasteiger partial charge in [0.15, 0.2) is 5.78 Å². The van der Waals surface area contributed by atoms with Crippen molar-refractivity contribution in [2.75, 3.05) is 7.11 Å². The summed E-state index contributed by atoms with van der Waals surface area (Å²) in [5.41, 5.74) is 0.604. The summed E-state index contributed by atoms with van der Waals surface area (Å²) in [6.07, 6.45) is 9.04. The fourth-order valence-electron chi connectivity index (χ4n) is 2.67. The number of ether oxygens (including phenoxy) is 2. The molecule has 0 spiro atoms. The molecule has 0 amide bonds. The third-order valence-corrected chi connectivity index (χ3v) is 6.24. The molecule has 1 atom stereocenters. The molecule has 1 aliphatic rings. The summed E-state index contributed by atoms with van der Waals surface area (Å²) in [6, 6.07) is 0. The number of methoxy groups -OCH3 is 1. The molecule has 0 fully saturated rings. The van der Waals surface area contributed by atoms with Gasteiger partial charge in [0.2, 0.25) is 0 Å². The number of ketones is 1. The van der Waals surface area contributed by atoms with Crippen LogP contribution in [0.15, 0.2) is 35.1 Å². The summed E-state index contributed by atoms with van der Waals surface area (Å²) >= 11 is 0. The van der Waals surface area contributed by atoms with Crippen LogP contribution in [0.1, 0.15) is 40.0 Å². The van der Waals surface area contributed by atoms with Gasteiger partial charge in [-0.25, -0.2) is 4.79 Å². The zero-order valence-electron chi connectivity index (χ0n) is 16.6. The lowest BCUT2D eigenvalue weighted by molar-refractivity contribution is -0.134. The average molecular weight is 365 g/mol. The number of rotatable bonds is 7. The quantitative estimate of drug-likeness (QED) is 0.382. The van der Waals surface area contributed by atoms with E-state index in [-0.39, 0.29) is 23.5 Å². The molecule has 4 nitrogen and oxygen atoms in total. The molecule has 0 radical (unpaired) electrons. The van der Waals surface area contributed by atoms with Crippen LogP contribution in [-0.2, 0) is 19.1 Å². The molecule has 0 aromatic rings. The van der Waals surface area contributed by atoms with Gasteiger partial charge >= 0.3 is 5.97 Å². The molecule has 5 heteroatoms. The van der Waals surface area contributed by atoms with Crippen LogP contribution in [0.3, 0.4) is 0 Å². The van der Waals surface area contributed by atoms with Gasteiger partial charge in [0.05, 0.1) is 26.9 Å². The number of Topliss-reactive ketones (excluding diaryl/α,β-unsaturated/α-hetero) is 1. The Labute approximate surface area is 153 Å². The van der Waals surface area contributed by atoms with Crippen molar-refractivity contribution in [1.29, 1.82) is 0 Å². The van der Waals surface area contributed by atoms with E-state index in [9.17, 15) is 9.59 Å². The monoisotopic (exact) mass is 364 g/mol. The third-order valence-electron chi connectivity index (χ3n) is 3.94. The first-order valence-electron chi connectivity index (χ1n) is 8.78. The molecule has 0 saturated carbocycles. The van der Waals surface area contributed by atoms with E-state index in [4.69, 9.17) is 4.74 Å². The average Bonchev–Trinajstić information content (AvgIpc) is 2.78. The SMILES string of the molecule is COC(=O)/C=C/C/C=C(/CC1=CC(OC(C)(C)C)CC1=O)[Si](C)(C)C. The minimum absolute atomic E-state index is 0.121. The normalized spacial score (nSPS) is 19.5. The lowest BCUT2D eigenvalue weighted by atomic mass is 10.1. The van der Waals surface area contributed by atoms with E-state index < -0.39 is 8.07 Å². The van der Waals surface area contributed by atoms with Crippen molar-refractivity contribution >= 4 is 19.8 Å². The van der Waals surface area contributed by atoms with Crippen LogP contribution in [0.25, 0.3) is 0 Å². The molecule has 0 aliphatic heterocycles. The molecule has 0 aromatic heterocycles. The van der Waals surface area contributed by atoms with Gasteiger partial charge < -0.3 is 9.47 Å². The lowest BCUT2D eigenvalue weighted by Gasteiger charge is -2.23. The van der Waals surface area contributed by atoms with E-state index in [0.717, 1.165) is 5.57 Å². The Kier molecular flexibility index (Phi) is 7.56. The number of hydrogen-bond donors (Lipinski definition) is 0. The Morgan fingerprint density at radius 2 is 1.96 bits per heavy atom. The van der Waals surface area contributed by atoms with E-state index in [2.05, 4.69) is 30.5 Å². The maximum atomic E-state index is 12.4. The Hall–Kier alpha value is -1.46. The van der Waals surface area contributed by atoms with Crippen LogP contribution in [0.5, 0.6) is 0 Å². The van der Waals surface area contributed by atoms with Crippen LogP contribution in [0.2, 0.25) is 19.6 Å². The minimum atomic E-state index is -1.56. The van der Waals surface area contributed by atoms with Crippen molar-refractivity contribution in [1.82, 2.24) is 0 Å². The molecule has 0 N–H and O–H groups in total. The predicted octanol–water partition coefficient (Wildman–Crippen LogP) is 4.38. The summed E-state index contributed by atoms with van der Waals surface area (Å²) in [5, 5.41) is 1.32. The molecule has 0 bridgehead atoms. The number of esters is 1. The molecule has 1 rings (SSSR count). The topological polar surface area (TPSA) is 52.6 Å². The Morgan fingerprint density at radius 3 is 2.48 bits per heavy atom. The van der Waals surface area contributed by atoms with Gasteiger partial charge in [-0.3, -0.25) is 4.79 Å². The molecular weight excluding hydrogens is 332 g/mol. The summed E-state index contributed by atoms with van der Waals surface area (Å²) < 4.78 is 10.5. The van der Waals surface area contributed by atoms with Crippen LogP contribution >= 0.6 is 0 Å². The van der Waals surface area contributed by atoms with Gasteiger partial charge in [-0.15, -0.1) is 0 Å². The van der Waals surface area contributed by atoms with Gasteiger partial charge in [0, 0.05) is 12.5 Å². The first kappa shape index (κ1) is 21.6. The summed E-state index contributed by atoms with van der Waals surface area (Å²) in [7, 11) is -0.196.